The lowest BCUT2D eigenvalue weighted by Gasteiger charge is -2.28. The van der Waals surface area contributed by atoms with Gasteiger partial charge < -0.3 is 4.74 Å². The summed E-state index contributed by atoms with van der Waals surface area (Å²) in [7, 11) is 1.81. The first-order valence-corrected chi connectivity index (χ1v) is 5.17. The van der Waals surface area contributed by atoms with Gasteiger partial charge in [0.1, 0.15) is 0 Å². The summed E-state index contributed by atoms with van der Waals surface area (Å²) in [5.74, 6) is 0. The highest BCUT2D eigenvalue weighted by Gasteiger charge is 2.21. The summed E-state index contributed by atoms with van der Waals surface area (Å²) in [5, 5.41) is 0. The van der Waals surface area contributed by atoms with Crippen LogP contribution in [0.3, 0.4) is 0 Å². The topological polar surface area (TPSA) is 9.23 Å². The molecule has 74 valence electrons. The van der Waals surface area contributed by atoms with Crippen LogP contribution in [-0.2, 0) is 4.74 Å². The molecule has 0 rings (SSSR count). The zero-order valence-electron chi connectivity index (χ0n) is 9.15. The molecular weight excluding hydrogens is 148 g/mol. The molecule has 1 unspecified atom stereocenters. The Balaban J connectivity index is 3.80. The molecule has 0 amide bonds. The van der Waals surface area contributed by atoms with Gasteiger partial charge in [0.25, 0.3) is 0 Å². The average molecular weight is 172 g/mol. The van der Waals surface area contributed by atoms with Crippen molar-refractivity contribution in [1.82, 2.24) is 0 Å². The molecule has 0 aromatic rings. The van der Waals surface area contributed by atoms with Crippen molar-refractivity contribution in [3.05, 3.63) is 0 Å². The first-order chi connectivity index (χ1) is 5.68. The summed E-state index contributed by atoms with van der Waals surface area (Å²) in [4.78, 5) is 0. The van der Waals surface area contributed by atoms with E-state index < -0.39 is 0 Å². The molecule has 0 saturated carbocycles. The molecule has 12 heavy (non-hydrogen) atoms. The highest BCUT2D eigenvalue weighted by atomic mass is 16.5. The van der Waals surface area contributed by atoms with Crippen molar-refractivity contribution >= 4 is 0 Å². The highest BCUT2D eigenvalue weighted by molar-refractivity contribution is 4.72. The van der Waals surface area contributed by atoms with Gasteiger partial charge in [0.2, 0.25) is 0 Å². The number of rotatable bonds is 7. The molecule has 1 nitrogen and oxygen atoms in total. The van der Waals surface area contributed by atoms with E-state index in [4.69, 9.17) is 4.74 Å². The van der Waals surface area contributed by atoms with Crippen LogP contribution in [0.5, 0.6) is 0 Å². The minimum Gasteiger partial charge on any atom is -0.384 e. The van der Waals surface area contributed by atoms with Gasteiger partial charge >= 0.3 is 0 Å². The van der Waals surface area contributed by atoms with Crippen LogP contribution in [0.25, 0.3) is 0 Å². The summed E-state index contributed by atoms with van der Waals surface area (Å²) in [6, 6.07) is 0. The standard InChI is InChI=1S/C11H24O/c1-5-7-9-11(3,8-6-2)10-12-4/h5-10H2,1-4H3. The predicted octanol–water partition coefficient (Wildman–Crippen LogP) is 3.63. The van der Waals surface area contributed by atoms with Crippen molar-refractivity contribution in [1.29, 1.82) is 0 Å². The fraction of sp³-hybridized carbons (Fsp3) is 1.00. The van der Waals surface area contributed by atoms with Crippen molar-refractivity contribution in [3.63, 3.8) is 0 Å². The maximum Gasteiger partial charge on any atom is 0.0515 e. The molecule has 0 aliphatic heterocycles. The maximum absolute atomic E-state index is 5.26. The van der Waals surface area contributed by atoms with Crippen molar-refractivity contribution in [2.75, 3.05) is 13.7 Å². The highest BCUT2D eigenvalue weighted by Crippen LogP contribution is 2.29. The SMILES string of the molecule is CCCCC(C)(CCC)COC. The Morgan fingerprint density at radius 2 is 1.75 bits per heavy atom. The number of unbranched alkanes of at least 4 members (excludes halogenated alkanes) is 1. The second-order valence-corrected chi connectivity index (χ2v) is 4.10. The zero-order chi connectivity index (χ0) is 9.45. The molecule has 0 radical (unpaired) electrons. The summed E-state index contributed by atoms with van der Waals surface area (Å²) >= 11 is 0. The molecule has 0 saturated heterocycles. The molecular formula is C11H24O. The lowest BCUT2D eigenvalue weighted by molar-refractivity contribution is 0.0763. The molecule has 1 atom stereocenters. The Kier molecular flexibility index (Phi) is 6.45. The normalized spacial score (nSPS) is 16.0. The molecule has 0 bridgehead atoms. The summed E-state index contributed by atoms with van der Waals surface area (Å²) in [6.45, 7) is 7.76. The lowest BCUT2D eigenvalue weighted by Crippen LogP contribution is -2.22. The van der Waals surface area contributed by atoms with E-state index in [1.165, 1.54) is 32.1 Å². The number of hydrogen-bond donors (Lipinski definition) is 0. The molecule has 0 aromatic carbocycles. The van der Waals surface area contributed by atoms with E-state index in [1.807, 2.05) is 0 Å². The summed E-state index contributed by atoms with van der Waals surface area (Å²) in [6.07, 6.45) is 6.50. The first kappa shape index (κ1) is 12.0. The smallest absolute Gasteiger partial charge is 0.0515 e. The van der Waals surface area contributed by atoms with Gasteiger partial charge in [0.15, 0.2) is 0 Å². The second-order valence-electron chi connectivity index (χ2n) is 4.10. The van der Waals surface area contributed by atoms with Crippen LogP contribution in [0.1, 0.15) is 52.9 Å². The van der Waals surface area contributed by atoms with Crippen LogP contribution in [0.15, 0.2) is 0 Å². The van der Waals surface area contributed by atoms with Gasteiger partial charge in [0.05, 0.1) is 6.61 Å². The van der Waals surface area contributed by atoms with Crippen LogP contribution in [-0.4, -0.2) is 13.7 Å². The van der Waals surface area contributed by atoms with E-state index in [1.54, 1.807) is 7.11 Å². The molecule has 0 aliphatic rings. The van der Waals surface area contributed by atoms with E-state index in [0.29, 0.717) is 5.41 Å². The van der Waals surface area contributed by atoms with E-state index in [2.05, 4.69) is 20.8 Å². The Morgan fingerprint density at radius 3 is 2.17 bits per heavy atom. The predicted molar refractivity (Wildman–Crippen MR) is 54.4 cm³/mol. The Bertz CT molecular complexity index is 93.2. The molecule has 0 N–H and O–H groups in total. The fourth-order valence-electron chi connectivity index (χ4n) is 1.82. The van der Waals surface area contributed by atoms with Crippen LogP contribution >= 0.6 is 0 Å². The molecule has 0 aliphatic carbocycles. The summed E-state index contributed by atoms with van der Waals surface area (Å²) in [5.41, 5.74) is 0.430. The van der Waals surface area contributed by atoms with Gasteiger partial charge in [-0.25, -0.2) is 0 Å². The van der Waals surface area contributed by atoms with Gasteiger partial charge in [-0.2, -0.15) is 0 Å². The van der Waals surface area contributed by atoms with Gasteiger partial charge in [-0.05, 0) is 18.3 Å². The van der Waals surface area contributed by atoms with E-state index in [-0.39, 0.29) is 0 Å². The Hall–Kier alpha value is -0.0400. The first-order valence-electron chi connectivity index (χ1n) is 5.17. The third-order valence-electron chi connectivity index (χ3n) is 2.48. The van der Waals surface area contributed by atoms with E-state index >= 15 is 0 Å². The molecule has 1 heteroatoms. The van der Waals surface area contributed by atoms with Gasteiger partial charge in [0, 0.05) is 7.11 Å². The van der Waals surface area contributed by atoms with E-state index in [9.17, 15) is 0 Å². The summed E-state index contributed by atoms with van der Waals surface area (Å²) < 4.78 is 5.26. The maximum atomic E-state index is 5.26. The quantitative estimate of drug-likeness (QED) is 0.570. The Morgan fingerprint density at radius 1 is 1.08 bits per heavy atom. The minimum atomic E-state index is 0.430. The van der Waals surface area contributed by atoms with Gasteiger partial charge in [-0.15, -0.1) is 0 Å². The molecule has 0 heterocycles. The van der Waals surface area contributed by atoms with E-state index in [0.717, 1.165) is 6.61 Å². The Labute approximate surface area is 77.5 Å². The van der Waals surface area contributed by atoms with Crippen molar-refractivity contribution in [2.45, 2.75) is 52.9 Å². The van der Waals surface area contributed by atoms with Gasteiger partial charge in [-0.1, -0.05) is 40.0 Å². The zero-order valence-corrected chi connectivity index (χ0v) is 9.15. The molecule has 0 aromatic heterocycles. The van der Waals surface area contributed by atoms with Crippen molar-refractivity contribution in [2.24, 2.45) is 5.41 Å². The molecule has 0 spiro atoms. The van der Waals surface area contributed by atoms with Crippen LogP contribution in [0, 0.1) is 5.41 Å². The fourth-order valence-corrected chi connectivity index (χ4v) is 1.82. The number of hydrogen-bond acceptors (Lipinski definition) is 1. The average Bonchev–Trinajstić information content (AvgIpc) is 2.02. The third kappa shape index (κ3) is 4.76. The number of methoxy groups -OCH3 is 1. The van der Waals surface area contributed by atoms with Crippen LogP contribution < -0.4 is 0 Å². The van der Waals surface area contributed by atoms with Crippen molar-refractivity contribution in [3.8, 4) is 0 Å². The monoisotopic (exact) mass is 172 g/mol. The van der Waals surface area contributed by atoms with Crippen LogP contribution in [0.2, 0.25) is 0 Å². The third-order valence-corrected chi connectivity index (χ3v) is 2.48. The van der Waals surface area contributed by atoms with Crippen LogP contribution in [0.4, 0.5) is 0 Å². The van der Waals surface area contributed by atoms with Gasteiger partial charge in [-0.3, -0.25) is 0 Å². The lowest BCUT2D eigenvalue weighted by atomic mass is 9.81. The second kappa shape index (κ2) is 6.47. The molecule has 0 fully saturated rings. The minimum absolute atomic E-state index is 0.430. The largest absolute Gasteiger partial charge is 0.384 e. The number of ether oxygens (including phenoxy) is 1. The van der Waals surface area contributed by atoms with Crippen molar-refractivity contribution < 1.29 is 4.74 Å².